The van der Waals surface area contributed by atoms with Gasteiger partial charge in [-0.1, -0.05) is 24.3 Å². The van der Waals surface area contributed by atoms with Crippen molar-refractivity contribution < 1.29 is 50.9 Å². The smallest absolute Gasteiger partial charge is 0.387 e. The summed E-state index contributed by atoms with van der Waals surface area (Å²) < 4.78 is 76.3. The van der Waals surface area contributed by atoms with E-state index in [0.29, 0.717) is 65.0 Å². The lowest BCUT2D eigenvalue weighted by Crippen LogP contribution is -2.37. The Morgan fingerprint density at radius 3 is 1.86 bits per heavy atom. The van der Waals surface area contributed by atoms with E-state index in [2.05, 4.69) is 0 Å². The van der Waals surface area contributed by atoms with Gasteiger partial charge in [-0.05, 0) is 106 Å². The zero-order valence-corrected chi connectivity index (χ0v) is 32.1. The summed E-state index contributed by atoms with van der Waals surface area (Å²) in [5.74, 6) is -0.534. The summed E-state index contributed by atoms with van der Waals surface area (Å²) in [4.78, 5) is 25.0. The molecule has 58 heavy (non-hydrogen) atoms. The van der Waals surface area contributed by atoms with Gasteiger partial charge in [-0.15, -0.1) is 0 Å². The number of benzene rings is 4. The Balaban J connectivity index is 1.12. The SMILES string of the molecule is Cc1c(-c2nc3cc(CN(C)[C@@H]4CCC[C@@H]4O)c(OC(F)F)cc3o2)cccc1-c1cccc(-c2nc3cc(CN4CCC[C@H]4C(=O)O)c(OC(F)F)cc3o2)c1C. The first-order valence-electron chi connectivity index (χ1n) is 19.2. The number of aliphatic hydroxyl groups is 1. The lowest BCUT2D eigenvalue weighted by Gasteiger charge is -2.27. The number of hydrogen-bond donors (Lipinski definition) is 2. The molecule has 2 fully saturated rings. The van der Waals surface area contributed by atoms with Crippen molar-refractivity contribution in [3.63, 3.8) is 0 Å². The average Bonchev–Trinajstić information content (AvgIpc) is 3.98. The molecule has 6 aromatic rings. The van der Waals surface area contributed by atoms with Crippen LogP contribution in [0.2, 0.25) is 0 Å². The number of rotatable bonds is 13. The van der Waals surface area contributed by atoms with E-state index in [1.54, 1.807) is 17.0 Å². The number of alkyl halides is 4. The summed E-state index contributed by atoms with van der Waals surface area (Å²) >= 11 is 0. The van der Waals surface area contributed by atoms with E-state index in [0.717, 1.165) is 35.1 Å². The van der Waals surface area contributed by atoms with E-state index in [1.165, 1.54) is 12.1 Å². The third-order valence-electron chi connectivity index (χ3n) is 11.4. The minimum atomic E-state index is -3.10. The van der Waals surface area contributed by atoms with E-state index in [-0.39, 0.29) is 47.7 Å². The van der Waals surface area contributed by atoms with Gasteiger partial charge in [0, 0.05) is 53.5 Å². The molecular weight excluding hydrogens is 760 g/mol. The van der Waals surface area contributed by atoms with E-state index < -0.39 is 31.3 Å². The van der Waals surface area contributed by atoms with Gasteiger partial charge in [0.15, 0.2) is 11.2 Å². The van der Waals surface area contributed by atoms with Crippen molar-refractivity contribution >= 4 is 28.2 Å². The molecule has 1 saturated heterocycles. The second kappa shape index (κ2) is 16.0. The van der Waals surface area contributed by atoms with Crippen molar-refractivity contribution in [2.75, 3.05) is 13.6 Å². The van der Waals surface area contributed by atoms with Crippen molar-refractivity contribution in [3.8, 4) is 45.5 Å². The van der Waals surface area contributed by atoms with Gasteiger partial charge in [0.1, 0.15) is 28.6 Å². The molecule has 2 N–H and O–H groups in total. The molecule has 1 saturated carbocycles. The van der Waals surface area contributed by atoms with Crippen LogP contribution < -0.4 is 9.47 Å². The zero-order valence-electron chi connectivity index (χ0n) is 32.1. The summed E-state index contributed by atoms with van der Waals surface area (Å²) in [6.07, 6.45) is 3.05. The van der Waals surface area contributed by atoms with Crippen molar-refractivity contribution in [1.29, 1.82) is 0 Å². The number of aliphatic carboxylic acids is 1. The summed E-state index contributed by atoms with van der Waals surface area (Å²) in [5.41, 5.74) is 7.01. The molecule has 1 aliphatic carbocycles. The second-order valence-corrected chi connectivity index (χ2v) is 15.1. The number of halogens is 4. The maximum Gasteiger partial charge on any atom is 0.387 e. The predicted molar refractivity (Wildman–Crippen MR) is 207 cm³/mol. The van der Waals surface area contributed by atoms with Crippen LogP contribution in [0.1, 0.15) is 54.4 Å². The van der Waals surface area contributed by atoms with Crippen LogP contribution in [0.5, 0.6) is 11.5 Å². The van der Waals surface area contributed by atoms with E-state index >= 15 is 0 Å². The standard InChI is InChI=1S/C43H42F4N4O7/c1-22-26(8-4-10-28(22)39-48-30-16-24(20-50(3)32-12-6-14-34(32)52)35(57-42(44)45)18-37(30)55-39)27-9-5-11-29(23(27)2)40-49-31-17-25(21-51-15-7-13-33(51)41(53)54)36(58-43(46)47)19-38(31)56-40/h4-5,8-11,16-19,32-34,42-43,52H,6-7,12-15,20-21H2,1-3H3,(H,53,54)/t32-,33+,34+/m1/s1. The molecule has 0 bridgehead atoms. The molecule has 3 heterocycles. The Kier molecular flexibility index (Phi) is 10.9. The van der Waals surface area contributed by atoms with Gasteiger partial charge in [-0.3, -0.25) is 14.6 Å². The molecule has 0 unspecified atom stereocenters. The second-order valence-electron chi connectivity index (χ2n) is 15.1. The first-order chi connectivity index (χ1) is 27.8. The number of aliphatic hydroxyl groups excluding tert-OH is 1. The Morgan fingerprint density at radius 2 is 1.34 bits per heavy atom. The Morgan fingerprint density at radius 1 is 0.810 bits per heavy atom. The van der Waals surface area contributed by atoms with Crippen LogP contribution in [0.3, 0.4) is 0 Å². The molecule has 4 aromatic carbocycles. The zero-order chi connectivity index (χ0) is 40.8. The molecule has 8 rings (SSSR count). The lowest BCUT2D eigenvalue weighted by molar-refractivity contribution is -0.142. The van der Waals surface area contributed by atoms with Crippen molar-refractivity contribution in [2.24, 2.45) is 0 Å². The highest BCUT2D eigenvalue weighted by Gasteiger charge is 2.32. The number of likely N-dealkylation sites (tertiary alicyclic amines) is 1. The maximum absolute atomic E-state index is 13.5. The monoisotopic (exact) mass is 802 g/mol. The normalized spacial score (nSPS) is 18.8. The van der Waals surface area contributed by atoms with Crippen LogP contribution in [-0.4, -0.2) is 81.0 Å². The summed E-state index contributed by atoms with van der Waals surface area (Å²) in [7, 11) is 1.85. The summed E-state index contributed by atoms with van der Waals surface area (Å²) in [5, 5.41) is 20.1. The van der Waals surface area contributed by atoms with Crippen LogP contribution >= 0.6 is 0 Å². The van der Waals surface area contributed by atoms with Crippen LogP contribution in [0, 0.1) is 13.8 Å². The van der Waals surface area contributed by atoms with Gasteiger partial charge in [0.25, 0.3) is 0 Å². The molecule has 2 aromatic heterocycles. The minimum absolute atomic E-state index is 0.0194. The molecule has 2 aliphatic rings. The van der Waals surface area contributed by atoms with Gasteiger partial charge in [-0.25, -0.2) is 9.97 Å². The molecular formula is C43H42F4N4O7. The highest BCUT2D eigenvalue weighted by Crippen LogP contribution is 2.40. The van der Waals surface area contributed by atoms with Crippen LogP contribution in [-0.2, 0) is 17.9 Å². The number of nitrogens with zero attached hydrogens (tertiary/aromatic N) is 4. The fraction of sp³-hybridized carbons (Fsp3) is 0.372. The fourth-order valence-corrected chi connectivity index (χ4v) is 8.54. The first-order valence-corrected chi connectivity index (χ1v) is 19.2. The fourth-order valence-electron chi connectivity index (χ4n) is 8.54. The molecule has 0 amide bonds. The van der Waals surface area contributed by atoms with Gasteiger partial charge in [0.2, 0.25) is 11.8 Å². The molecule has 15 heteroatoms. The highest BCUT2D eigenvalue weighted by atomic mass is 19.3. The maximum atomic E-state index is 13.5. The van der Waals surface area contributed by atoms with Gasteiger partial charge in [0.05, 0.1) is 6.10 Å². The number of hydrogen-bond acceptors (Lipinski definition) is 10. The summed E-state index contributed by atoms with van der Waals surface area (Å²) in [6, 6.07) is 16.7. The van der Waals surface area contributed by atoms with Gasteiger partial charge in [-0.2, -0.15) is 17.6 Å². The molecule has 11 nitrogen and oxygen atoms in total. The van der Waals surface area contributed by atoms with Crippen LogP contribution in [0.25, 0.3) is 56.2 Å². The van der Waals surface area contributed by atoms with Crippen molar-refractivity contribution in [3.05, 3.63) is 82.9 Å². The number of carboxylic acids is 1. The van der Waals surface area contributed by atoms with E-state index in [4.69, 9.17) is 28.3 Å². The molecule has 3 atom stereocenters. The molecule has 0 spiro atoms. The third-order valence-corrected chi connectivity index (χ3v) is 11.4. The van der Waals surface area contributed by atoms with Crippen LogP contribution in [0.15, 0.2) is 69.5 Å². The lowest BCUT2D eigenvalue weighted by atomic mass is 9.91. The summed E-state index contributed by atoms with van der Waals surface area (Å²) in [6.45, 7) is -1.41. The third kappa shape index (κ3) is 7.73. The average molecular weight is 803 g/mol. The first kappa shape index (κ1) is 39.3. The number of carboxylic acid groups (broad SMARTS) is 1. The largest absolute Gasteiger partial charge is 0.480 e. The van der Waals surface area contributed by atoms with E-state index in [9.17, 15) is 32.6 Å². The quantitative estimate of drug-likeness (QED) is 0.108. The Bertz CT molecular complexity index is 2490. The molecule has 1 aliphatic heterocycles. The van der Waals surface area contributed by atoms with Crippen molar-refractivity contribution in [1.82, 2.24) is 19.8 Å². The van der Waals surface area contributed by atoms with Gasteiger partial charge >= 0.3 is 19.2 Å². The number of ether oxygens (including phenoxy) is 2. The van der Waals surface area contributed by atoms with E-state index in [1.807, 2.05) is 62.2 Å². The number of oxazole rings is 2. The Hall–Kier alpha value is -5.51. The highest BCUT2D eigenvalue weighted by molar-refractivity contribution is 5.85. The minimum Gasteiger partial charge on any atom is -0.480 e. The van der Waals surface area contributed by atoms with Crippen molar-refractivity contribution in [2.45, 2.75) is 90.5 Å². The topological polar surface area (TPSA) is 135 Å². The predicted octanol–water partition coefficient (Wildman–Crippen LogP) is 9.18. The number of likely N-dealkylation sites (N-methyl/N-ethyl adjacent to an activating group) is 1. The number of carbonyl (C=O) groups is 1. The van der Waals surface area contributed by atoms with Gasteiger partial charge < -0.3 is 28.5 Å². The molecule has 0 radical (unpaired) electrons. The molecule has 304 valence electrons. The number of fused-ring (bicyclic) bond motifs is 2. The Labute approximate surface area is 330 Å². The van der Waals surface area contributed by atoms with Crippen LogP contribution in [0.4, 0.5) is 17.6 Å². The number of aromatic nitrogens is 2.